The first-order valence-electron chi connectivity index (χ1n) is 7.50. The van der Waals surface area contributed by atoms with Gasteiger partial charge < -0.3 is 24.1 Å². The highest BCUT2D eigenvalue weighted by atomic mass is 16.5. The van der Waals surface area contributed by atoms with E-state index in [1.54, 1.807) is 31.4 Å². The predicted molar refractivity (Wildman–Crippen MR) is 84.6 cm³/mol. The van der Waals surface area contributed by atoms with Gasteiger partial charge in [-0.05, 0) is 41.8 Å². The lowest BCUT2D eigenvalue weighted by atomic mass is 9.99. The van der Waals surface area contributed by atoms with Gasteiger partial charge in [0.15, 0.2) is 11.5 Å². The minimum Gasteiger partial charge on any atom is -0.493 e. The van der Waals surface area contributed by atoms with Gasteiger partial charge in [0.2, 0.25) is 0 Å². The molecular formula is C17H20N2O4. The van der Waals surface area contributed by atoms with E-state index in [0.29, 0.717) is 25.4 Å². The van der Waals surface area contributed by atoms with E-state index in [0.717, 1.165) is 23.5 Å². The highest BCUT2D eigenvalue weighted by Gasteiger charge is 2.22. The largest absolute Gasteiger partial charge is 0.493 e. The van der Waals surface area contributed by atoms with Crippen LogP contribution in [0.5, 0.6) is 11.5 Å². The van der Waals surface area contributed by atoms with Gasteiger partial charge in [-0.15, -0.1) is 0 Å². The molecule has 1 N–H and O–H groups in total. The van der Waals surface area contributed by atoms with Crippen LogP contribution in [0.2, 0.25) is 0 Å². The first-order valence-corrected chi connectivity index (χ1v) is 7.50. The minimum absolute atomic E-state index is 0.0955. The number of nitrogens with one attached hydrogen (secondary N) is 1. The quantitative estimate of drug-likeness (QED) is 0.941. The number of nitrogens with zero attached hydrogens (tertiary/aromatic N) is 1. The molecule has 2 aromatic rings. The fourth-order valence-electron chi connectivity index (χ4n) is 2.74. The number of urea groups is 1. The van der Waals surface area contributed by atoms with Crippen LogP contribution in [0.25, 0.3) is 0 Å². The fourth-order valence-corrected chi connectivity index (χ4v) is 2.74. The first-order chi connectivity index (χ1) is 11.2. The second-order valence-electron chi connectivity index (χ2n) is 5.39. The molecule has 1 aliphatic rings. The number of rotatable bonds is 4. The molecule has 23 heavy (non-hydrogen) atoms. The number of hydrogen-bond donors (Lipinski definition) is 1. The maximum absolute atomic E-state index is 12.3. The van der Waals surface area contributed by atoms with Gasteiger partial charge in [-0.1, -0.05) is 0 Å². The molecule has 1 aliphatic heterocycles. The van der Waals surface area contributed by atoms with E-state index in [9.17, 15) is 4.79 Å². The summed E-state index contributed by atoms with van der Waals surface area (Å²) in [7, 11) is 3.24. The fraction of sp³-hybridized carbons (Fsp3) is 0.353. The summed E-state index contributed by atoms with van der Waals surface area (Å²) in [5.41, 5.74) is 2.28. The van der Waals surface area contributed by atoms with E-state index >= 15 is 0 Å². The lowest BCUT2D eigenvalue weighted by Crippen LogP contribution is -2.42. The first kappa shape index (κ1) is 15.3. The van der Waals surface area contributed by atoms with Crippen molar-refractivity contribution in [3.8, 4) is 11.5 Å². The number of methoxy groups -OCH3 is 2. The molecule has 0 aliphatic carbocycles. The monoisotopic (exact) mass is 316 g/mol. The number of amides is 2. The van der Waals surface area contributed by atoms with Gasteiger partial charge in [0.1, 0.15) is 5.76 Å². The third kappa shape index (κ3) is 3.26. The highest BCUT2D eigenvalue weighted by Crippen LogP contribution is 2.33. The van der Waals surface area contributed by atoms with Crippen LogP contribution in [-0.4, -0.2) is 31.7 Å². The van der Waals surface area contributed by atoms with E-state index in [1.165, 1.54) is 5.56 Å². The second-order valence-corrected chi connectivity index (χ2v) is 5.39. The number of benzene rings is 1. The van der Waals surface area contributed by atoms with E-state index in [1.807, 2.05) is 18.2 Å². The number of fused-ring (bicyclic) bond motifs is 1. The van der Waals surface area contributed by atoms with Gasteiger partial charge >= 0.3 is 6.03 Å². The minimum atomic E-state index is -0.0955. The Bertz CT molecular complexity index is 682. The Kier molecular flexibility index (Phi) is 4.41. The second kappa shape index (κ2) is 6.64. The standard InChI is InChI=1S/C17H20N2O4/c1-21-15-8-12-5-6-19(11-13(12)9-16(15)22-2)17(20)18-10-14-4-3-7-23-14/h3-4,7-9H,5-6,10-11H2,1-2H3,(H,18,20). The SMILES string of the molecule is COc1cc2c(cc1OC)CN(C(=O)NCc1ccco1)CC2. The van der Waals surface area contributed by atoms with Crippen LogP contribution in [0.4, 0.5) is 4.79 Å². The molecule has 0 saturated carbocycles. The average molecular weight is 316 g/mol. The number of carbonyl (C=O) groups is 1. The summed E-state index contributed by atoms with van der Waals surface area (Å²) in [6, 6.07) is 7.48. The highest BCUT2D eigenvalue weighted by molar-refractivity contribution is 5.74. The van der Waals surface area contributed by atoms with Gasteiger partial charge in [0.05, 0.1) is 27.0 Å². The van der Waals surface area contributed by atoms with Crippen LogP contribution in [0.1, 0.15) is 16.9 Å². The molecule has 6 heteroatoms. The van der Waals surface area contributed by atoms with E-state index in [4.69, 9.17) is 13.9 Å². The van der Waals surface area contributed by atoms with Crippen LogP contribution < -0.4 is 14.8 Å². The van der Waals surface area contributed by atoms with Crippen LogP contribution >= 0.6 is 0 Å². The van der Waals surface area contributed by atoms with Crippen LogP contribution in [0.3, 0.4) is 0 Å². The maximum atomic E-state index is 12.3. The van der Waals surface area contributed by atoms with Crippen molar-refractivity contribution in [2.45, 2.75) is 19.5 Å². The molecule has 0 spiro atoms. The molecule has 0 bridgehead atoms. The van der Waals surface area contributed by atoms with Gasteiger partial charge in [-0.25, -0.2) is 4.79 Å². The van der Waals surface area contributed by atoms with Crippen molar-refractivity contribution in [1.29, 1.82) is 0 Å². The molecule has 0 atom stereocenters. The third-order valence-corrected chi connectivity index (χ3v) is 4.00. The molecule has 1 aromatic heterocycles. The normalized spacial score (nSPS) is 13.4. The van der Waals surface area contributed by atoms with E-state index in [-0.39, 0.29) is 6.03 Å². The predicted octanol–water partition coefficient (Wildman–Crippen LogP) is 2.56. The third-order valence-electron chi connectivity index (χ3n) is 4.00. The van der Waals surface area contributed by atoms with Gasteiger partial charge in [0.25, 0.3) is 0 Å². The topological polar surface area (TPSA) is 63.9 Å². The van der Waals surface area contributed by atoms with Gasteiger partial charge in [0, 0.05) is 13.1 Å². The van der Waals surface area contributed by atoms with Gasteiger partial charge in [-0.3, -0.25) is 0 Å². The van der Waals surface area contributed by atoms with Crippen molar-refractivity contribution in [1.82, 2.24) is 10.2 Å². The maximum Gasteiger partial charge on any atom is 0.318 e. The summed E-state index contributed by atoms with van der Waals surface area (Å²) < 4.78 is 15.9. The Labute approximate surface area is 135 Å². The van der Waals surface area contributed by atoms with Crippen molar-refractivity contribution < 1.29 is 18.7 Å². The number of hydrogen-bond acceptors (Lipinski definition) is 4. The lowest BCUT2D eigenvalue weighted by molar-refractivity contribution is 0.191. The smallest absolute Gasteiger partial charge is 0.318 e. The summed E-state index contributed by atoms with van der Waals surface area (Å²) >= 11 is 0. The van der Waals surface area contributed by atoms with Crippen molar-refractivity contribution in [2.24, 2.45) is 0 Å². The lowest BCUT2D eigenvalue weighted by Gasteiger charge is -2.29. The summed E-state index contributed by atoms with van der Waals surface area (Å²) in [6.45, 7) is 1.62. The number of carbonyl (C=O) groups excluding carboxylic acids is 1. The number of furan rings is 1. The molecular weight excluding hydrogens is 296 g/mol. The Morgan fingerprint density at radius 2 is 2.00 bits per heavy atom. The molecule has 122 valence electrons. The van der Waals surface area contributed by atoms with Crippen molar-refractivity contribution in [3.05, 3.63) is 47.4 Å². The summed E-state index contributed by atoms with van der Waals surface area (Å²) in [5, 5.41) is 2.87. The van der Waals surface area contributed by atoms with Crippen LogP contribution in [-0.2, 0) is 19.5 Å². The molecule has 6 nitrogen and oxygen atoms in total. The summed E-state index contributed by atoms with van der Waals surface area (Å²) in [4.78, 5) is 14.1. The van der Waals surface area contributed by atoms with Crippen molar-refractivity contribution in [3.63, 3.8) is 0 Å². The molecule has 0 unspecified atom stereocenters. The molecule has 0 saturated heterocycles. The summed E-state index contributed by atoms with van der Waals surface area (Å²) in [5.74, 6) is 2.15. The van der Waals surface area contributed by atoms with E-state index < -0.39 is 0 Å². The van der Waals surface area contributed by atoms with Crippen LogP contribution in [0, 0.1) is 0 Å². The molecule has 0 fully saturated rings. The Morgan fingerprint density at radius 3 is 2.65 bits per heavy atom. The Hall–Kier alpha value is -2.63. The molecule has 0 radical (unpaired) electrons. The van der Waals surface area contributed by atoms with Gasteiger partial charge in [-0.2, -0.15) is 0 Å². The molecule has 3 rings (SSSR count). The zero-order valence-electron chi connectivity index (χ0n) is 13.3. The Morgan fingerprint density at radius 1 is 1.26 bits per heavy atom. The zero-order valence-corrected chi connectivity index (χ0v) is 13.3. The average Bonchev–Trinajstić information content (AvgIpc) is 3.11. The zero-order chi connectivity index (χ0) is 16.2. The summed E-state index contributed by atoms with van der Waals surface area (Å²) in [6.07, 6.45) is 2.39. The van der Waals surface area contributed by atoms with Crippen molar-refractivity contribution >= 4 is 6.03 Å². The van der Waals surface area contributed by atoms with Crippen molar-refractivity contribution in [2.75, 3.05) is 20.8 Å². The van der Waals surface area contributed by atoms with E-state index in [2.05, 4.69) is 5.32 Å². The molecule has 2 amide bonds. The number of ether oxygens (including phenoxy) is 2. The van der Waals surface area contributed by atoms with Crippen LogP contribution in [0.15, 0.2) is 34.9 Å². The Balaban J connectivity index is 1.68. The molecule has 1 aromatic carbocycles. The molecule has 2 heterocycles.